The van der Waals surface area contributed by atoms with Gasteiger partial charge >= 0.3 is 0 Å². The number of thiophene rings is 2. The maximum atomic E-state index is 12.4. The Balaban J connectivity index is 1.46. The molecular weight excluding hydrogens is 324 g/mol. The van der Waals surface area contributed by atoms with Crippen molar-refractivity contribution >= 4 is 40.2 Å². The lowest BCUT2D eigenvalue weighted by Gasteiger charge is -2.22. The third-order valence-electron chi connectivity index (χ3n) is 4.30. The van der Waals surface area contributed by atoms with Crippen molar-refractivity contribution in [1.82, 2.24) is 10.2 Å². The Kier molecular flexibility index (Phi) is 3.53. The summed E-state index contributed by atoms with van der Waals surface area (Å²) in [6.07, 6.45) is 1.22. The van der Waals surface area contributed by atoms with Crippen LogP contribution < -0.4 is 5.32 Å². The number of carbonyl (C=O) groups is 1. The maximum Gasteiger partial charge on any atom is 0.261 e. The number of rotatable bonds is 3. The molecule has 3 atom stereocenters. The van der Waals surface area contributed by atoms with Gasteiger partial charge in [0.2, 0.25) is 0 Å². The van der Waals surface area contributed by atoms with Crippen LogP contribution in [0.4, 0.5) is 0 Å². The highest BCUT2D eigenvalue weighted by atomic mass is 35.5. The molecule has 2 bridgehead atoms. The van der Waals surface area contributed by atoms with Crippen molar-refractivity contribution in [3.8, 4) is 9.75 Å². The molecule has 4 rings (SSSR count). The van der Waals surface area contributed by atoms with E-state index >= 15 is 0 Å². The lowest BCUT2D eigenvalue weighted by atomic mass is 10.00. The molecule has 0 radical (unpaired) electrons. The lowest BCUT2D eigenvalue weighted by Crippen LogP contribution is -2.42. The van der Waals surface area contributed by atoms with E-state index in [2.05, 4.69) is 10.2 Å². The first-order valence-corrected chi connectivity index (χ1v) is 9.09. The molecule has 0 aliphatic carbocycles. The third kappa shape index (κ3) is 2.63. The molecule has 3 nitrogen and oxygen atoms in total. The number of nitrogens with zero attached hydrogens (tertiary/aromatic N) is 1. The lowest BCUT2D eigenvalue weighted by molar-refractivity contribution is 0.0928. The summed E-state index contributed by atoms with van der Waals surface area (Å²) in [5.41, 5.74) is 0. The summed E-state index contributed by atoms with van der Waals surface area (Å²) in [6, 6.07) is 8.14. The predicted octanol–water partition coefficient (Wildman–Crippen LogP) is 3.56. The first-order chi connectivity index (χ1) is 10.2. The summed E-state index contributed by atoms with van der Waals surface area (Å²) < 4.78 is 0.778. The number of halogens is 1. The van der Waals surface area contributed by atoms with Crippen LogP contribution in [0.15, 0.2) is 24.3 Å². The molecule has 21 heavy (non-hydrogen) atoms. The molecule has 1 amide bonds. The monoisotopic (exact) mass is 338 g/mol. The highest BCUT2D eigenvalue weighted by Gasteiger charge is 2.38. The van der Waals surface area contributed by atoms with Gasteiger partial charge in [0.25, 0.3) is 5.91 Å². The van der Waals surface area contributed by atoms with Crippen LogP contribution in [-0.2, 0) is 0 Å². The topological polar surface area (TPSA) is 32.3 Å². The molecule has 4 heterocycles. The van der Waals surface area contributed by atoms with E-state index in [0.717, 1.165) is 32.1 Å². The minimum Gasteiger partial charge on any atom is -0.347 e. The maximum absolute atomic E-state index is 12.4. The molecule has 0 aromatic carbocycles. The fourth-order valence-electron chi connectivity index (χ4n) is 3.23. The van der Waals surface area contributed by atoms with Crippen LogP contribution >= 0.6 is 34.3 Å². The highest BCUT2D eigenvalue weighted by molar-refractivity contribution is 7.24. The van der Waals surface area contributed by atoms with E-state index in [4.69, 9.17) is 11.6 Å². The fourth-order valence-corrected chi connectivity index (χ4v) is 5.27. The second kappa shape index (κ2) is 5.39. The van der Waals surface area contributed by atoms with Crippen molar-refractivity contribution in [2.24, 2.45) is 5.92 Å². The SMILES string of the molecule is O=C(NC1CN2CCC1C2)c1ccc(-c2ccc(Cl)s2)s1. The smallest absolute Gasteiger partial charge is 0.261 e. The number of carbonyl (C=O) groups excluding carboxylic acids is 1. The normalized spacial score (nSPS) is 27.2. The van der Waals surface area contributed by atoms with Crippen molar-refractivity contribution in [3.05, 3.63) is 33.5 Å². The quantitative estimate of drug-likeness (QED) is 0.928. The van der Waals surface area contributed by atoms with E-state index in [1.54, 1.807) is 11.3 Å². The second-order valence-electron chi connectivity index (χ2n) is 5.66. The number of amides is 1. The summed E-state index contributed by atoms with van der Waals surface area (Å²) in [5.74, 6) is 0.706. The van der Waals surface area contributed by atoms with Crippen molar-refractivity contribution in [3.63, 3.8) is 0 Å². The van der Waals surface area contributed by atoms with Gasteiger partial charge in [-0.15, -0.1) is 22.7 Å². The van der Waals surface area contributed by atoms with Crippen LogP contribution in [0.1, 0.15) is 16.1 Å². The van der Waals surface area contributed by atoms with Gasteiger partial charge in [-0.3, -0.25) is 4.79 Å². The molecule has 2 aromatic heterocycles. The van der Waals surface area contributed by atoms with Crippen LogP contribution in [0.25, 0.3) is 9.75 Å². The van der Waals surface area contributed by atoms with Crippen molar-refractivity contribution < 1.29 is 4.79 Å². The zero-order valence-electron chi connectivity index (χ0n) is 11.3. The van der Waals surface area contributed by atoms with Crippen LogP contribution in [0.2, 0.25) is 4.34 Å². The Hall–Kier alpha value is -0.880. The predicted molar refractivity (Wildman–Crippen MR) is 88.4 cm³/mol. The van der Waals surface area contributed by atoms with Crippen molar-refractivity contribution in [2.45, 2.75) is 12.5 Å². The molecular formula is C15H15ClN2OS2. The molecule has 2 aromatic rings. The van der Waals surface area contributed by atoms with Crippen LogP contribution in [0.5, 0.6) is 0 Å². The summed E-state index contributed by atoms with van der Waals surface area (Å²) >= 11 is 9.05. The molecule has 2 fully saturated rings. The molecule has 0 spiro atoms. The van der Waals surface area contributed by atoms with Crippen molar-refractivity contribution in [1.29, 1.82) is 0 Å². The van der Waals surface area contributed by atoms with Crippen molar-refractivity contribution in [2.75, 3.05) is 19.6 Å². The summed E-state index contributed by atoms with van der Waals surface area (Å²) in [4.78, 5) is 17.8. The Bertz CT molecular complexity index is 681. The Labute approximate surface area is 136 Å². The minimum absolute atomic E-state index is 0.0626. The van der Waals surface area contributed by atoms with E-state index in [1.807, 2.05) is 24.3 Å². The van der Waals surface area contributed by atoms with Gasteiger partial charge in [-0.25, -0.2) is 0 Å². The molecule has 110 valence electrons. The average molecular weight is 339 g/mol. The third-order valence-corrected chi connectivity index (χ3v) is 6.81. The largest absolute Gasteiger partial charge is 0.347 e. The van der Waals surface area contributed by atoms with E-state index in [1.165, 1.54) is 24.3 Å². The minimum atomic E-state index is 0.0626. The van der Waals surface area contributed by atoms with E-state index < -0.39 is 0 Å². The number of piperidine rings is 1. The van der Waals surface area contributed by atoms with Crippen LogP contribution in [-0.4, -0.2) is 36.5 Å². The van der Waals surface area contributed by atoms with Gasteiger partial charge in [-0.2, -0.15) is 0 Å². The Morgan fingerprint density at radius 3 is 2.67 bits per heavy atom. The Morgan fingerprint density at radius 1 is 1.19 bits per heavy atom. The molecule has 2 aliphatic rings. The van der Waals surface area contributed by atoms with Gasteiger partial charge in [0.1, 0.15) is 0 Å². The van der Waals surface area contributed by atoms with Gasteiger partial charge in [0.05, 0.1) is 9.21 Å². The molecule has 2 aliphatic heterocycles. The van der Waals surface area contributed by atoms with E-state index in [-0.39, 0.29) is 5.91 Å². The van der Waals surface area contributed by atoms with Gasteiger partial charge in [-0.1, -0.05) is 11.6 Å². The second-order valence-corrected chi connectivity index (χ2v) is 8.45. The summed E-state index contributed by atoms with van der Waals surface area (Å²) in [5, 5.41) is 3.20. The van der Waals surface area contributed by atoms with Gasteiger partial charge in [0, 0.05) is 28.9 Å². The molecule has 6 heteroatoms. The first kappa shape index (κ1) is 13.8. The van der Waals surface area contributed by atoms with Gasteiger partial charge in [0.15, 0.2) is 0 Å². The zero-order chi connectivity index (χ0) is 14.4. The number of fused-ring (bicyclic) bond motifs is 2. The zero-order valence-corrected chi connectivity index (χ0v) is 13.7. The number of hydrogen-bond acceptors (Lipinski definition) is 4. The Morgan fingerprint density at radius 2 is 2.00 bits per heavy atom. The number of hydrogen-bond donors (Lipinski definition) is 1. The van der Waals surface area contributed by atoms with Crippen LogP contribution in [0, 0.1) is 5.92 Å². The highest BCUT2D eigenvalue weighted by Crippen LogP contribution is 2.35. The number of nitrogens with one attached hydrogen (secondary N) is 1. The molecule has 0 saturated carbocycles. The fraction of sp³-hybridized carbons (Fsp3) is 0.400. The standard InChI is InChI=1S/C15H15ClN2OS2/c16-14-4-3-12(21-14)11-1-2-13(20-11)15(19)17-10-8-18-6-5-9(10)7-18/h1-4,9-10H,5-8H2,(H,17,19). The van der Waals surface area contributed by atoms with Crippen LogP contribution in [0.3, 0.4) is 0 Å². The molecule has 1 N–H and O–H groups in total. The van der Waals surface area contributed by atoms with Gasteiger partial charge < -0.3 is 10.2 Å². The van der Waals surface area contributed by atoms with Gasteiger partial charge in [-0.05, 0) is 43.1 Å². The van der Waals surface area contributed by atoms with E-state index in [9.17, 15) is 4.79 Å². The summed E-state index contributed by atoms with van der Waals surface area (Å²) in [6.45, 7) is 3.35. The molecule has 2 saturated heterocycles. The average Bonchev–Trinajstić information content (AvgIpc) is 3.22. The van der Waals surface area contributed by atoms with E-state index in [0.29, 0.717) is 12.0 Å². The summed E-state index contributed by atoms with van der Waals surface area (Å²) in [7, 11) is 0. The first-order valence-electron chi connectivity index (χ1n) is 7.08. The molecule has 3 unspecified atom stereocenters.